The van der Waals surface area contributed by atoms with Crippen LogP contribution >= 0.6 is 0 Å². The van der Waals surface area contributed by atoms with Crippen molar-refractivity contribution < 1.29 is 13.2 Å². The maximum absolute atomic E-state index is 12.2. The fraction of sp³-hybridized carbons (Fsp3) is 0.412. The molecular formula is C17H21N7O3S. The molecule has 3 aromatic heterocycles. The minimum atomic E-state index is -3.29. The maximum atomic E-state index is 12.2. The van der Waals surface area contributed by atoms with Gasteiger partial charge in [0.15, 0.2) is 5.90 Å². The number of sulfonamides is 1. The molecular weight excluding hydrogens is 382 g/mol. The Hall–Kier alpha value is -2.79. The molecule has 0 atom stereocenters. The largest absolute Gasteiger partial charge is 0.484 e. The molecule has 1 saturated heterocycles. The second-order valence-corrected chi connectivity index (χ2v) is 9.09. The van der Waals surface area contributed by atoms with Crippen molar-refractivity contribution in [2.24, 2.45) is 0 Å². The van der Waals surface area contributed by atoms with Gasteiger partial charge in [-0.1, -0.05) is 0 Å². The van der Waals surface area contributed by atoms with E-state index in [4.69, 9.17) is 10.1 Å². The van der Waals surface area contributed by atoms with Crippen molar-refractivity contribution in [3.8, 4) is 11.3 Å². The third kappa shape index (κ3) is 2.96. The fourth-order valence-corrected chi connectivity index (χ4v) is 4.74. The Morgan fingerprint density at radius 2 is 2.18 bits per heavy atom. The molecule has 1 fully saturated rings. The van der Waals surface area contributed by atoms with Gasteiger partial charge in [0.25, 0.3) is 0 Å². The first-order chi connectivity index (χ1) is 13.4. The number of hydrogen-bond acceptors (Lipinski definition) is 7. The highest BCUT2D eigenvalue weighted by atomic mass is 32.2. The van der Waals surface area contributed by atoms with Crippen LogP contribution < -0.4 is 0 Å². The normalized spacial score (nSPS) is 16.8. The second-order valence-electron chi connectivity index (χ2n) is 6.83. The maximum Gasteiger partial charge on any atom is 0.213 e. The average Bonchev–Trinajstić information content (AvgIpc) is 3.33. The minimum Gasteiger partial charge on any atom is -0.484 e. The molecule has 4 rings (SSSR count). The monoisotopic (exact) mass is 403 g/mol. The van der Waals surface area contributed by atoms with Gasteiger partial charge in [0.1, 0.15) is 12.0 Å². The van der Waals surface area contributed by atoms with E-state index >= 15 is 0 Å². The van der Waals surface area contributed by atoms with Gasteiger partial charge in [0.2, 0.25) is 10.0 Å². The second kappa shape index (κ2) is 6.67. The molecule has 4 heterocycles. The Kier molecular flexibility index (Phi) is 4.42. The molecule has 0 amide bonds. The standard InChI is InChI=1S/C17H21N7O3S/c1-3-28(25,26)23-9-17(10-23,6-14(18)27-2)24-8-12(7-22-24)15-13-4-5-19-16(13)21-11-20-15/h4-5,7-8,11,18H,3,6,9-10H2,1-2H3,(H,19,20,21). The summed E-state index contributed by atoms with van der Waals surface area (Å²) in [7, 11) is -1.86. The van der Waals surface area contributed by atoms with Gasteiger partial charge in [-0.2, -0.15) is 9.40 Å². The summed E-state index contributed by atoms with van der Waals surface area (Å²) >= 11 is 0. The number of methoxy groups -OCH3 is 1. The number of aromatic nitrogens is 5. The van der Waals surface area contributed by atoms with E-state index in [-0.39, 0.29) is 31.2 Å². The summed E-state index contributed by atoms with van der Waals surface area (Å²) in [5.74, 6) is 0.127. The SMILES string of the molecule is CCS(=O)(=O)N1CC(CC(=N)OC)(n2cc(-c3ncnc4[nH]ccc34)cn2)C1. The van der Waals surface area contributed by atoms with Crippen LogP contribution in [0.15, 0.2) is 31.0 Å². The van der Waals surface area contributed by atoms with E-state index in [0.29, 0.717) is 0 Å². The van der Waals surface area contributed by atoms with Crippen molar-refractivity contribution >= 4 is 27.0 Å². The number of ether oxygens (including phenoxy) is 1. The summed E-state index contributed by atoms with van der Waals surface area (Å²) < 4.78 is 32.6. The summed E-state index contributed by atoms with van der Waals surface area (Å²) in [4.78, 5) is 11.6. The van der Waals surface area contributed by atoms with Crippen LogP contribution in [0.3, 0.4) is 0 Å². The number of nitrogens with one attached hydrogen (secondary N) is 2. The van der Waals surface area contributed by atoms with Crippen molar-refractivity contribution in [1.29, 1.82) is 5.41 Å². The number of rotatable bonds is 6. The van der Waals surface area contributed by atoms with E-state index in [1.807, 2.05) is 12.3 Å². The highest BCUT2D eigenvalue weighted by molar-refractivity contribution is 7.89. The van der Waals surface area contributed by atoms with Gasteiger partial charge in [-0.15, -0.1) is 0 Å². The van der Waals surface area contributed by atoms with Crippen LogP contribution in [-0.4, -0.2) is 69.3 Å². The first-order valence-electron chi connectivity index (χ1n) is 8.81. The molecule has 1 aliphatic rings. The number of aromatic amines is 1. The quantitative estimate of drug-likeness (QED) is 0.470. The molecule has 148 valence electrons. The van der Waals surface area contributed by atoms with Crippen LogP contribution in [0.4, 0.5) is 0 Å². The van der Waals surface area contributed by atoms with Gasteiger partial charge < -0.3 is 9.72 Å². The summed E-state index contributed by atoms with van der Waals surface area (Å²) in [6.45, 7) is 2.12. The van der Waals surface area contributed by atoms with Gasteiger partial charge >= 0.3 is 0 Å². The topological polar surface area (TPSA) is 130 Å². The zero-order valence-corrected chi connectivity index (χ0v) is 16.4. The van der Waals surface area contributed by atoms with Crippen LogP contribution in [0.5, 0.6) is 0 Å². The Labute approximate surface area is 162 Å². The van der Waals surface area contributed by atoms with Crippen LogP contribution in [0.25, 0.3) is 22.3 Å². The molecule has 10 nitrogen and oxygen atoms in total. The molecule has 28 heavy (non-hydrogen) atoms. The molecule has 2 N–H and O–H groups in total. The molecule has 0 aromatic carbocycles. The Balaban J connectivity index is 1.69. The van der Waals surface area contributed by atoms with Crippen molar-refractivity contribution in [3.63, 3.8) is 0 Å². The third-order valence-corrected chi connectivity index (χ3v) is 6.91. The van der Waals surface area contributed by atoms with Crippen LogP contribution in [-0.2, 0) is 20.3 Å². The van der Waals surface area contributed by atoms with E-state index in [2.05, 4.69) is 20.1 Å². The van der Waals surface area contributed by atoms with E-state index in [0.717, 1.165) is 22.3 Å². The number of H-pyrrole nitrogens is 1. The lowest BCUT2D eigenvalue weighted by Crippen LogP contribution is -2.65. The molecule has 11 heteroatoms. The summed E-state index contributed by atoms with van der Waals surface area (Å²) in [5.41, 5.74) is 1.62. The molecule has 3 aromatic rings. The number of nitrogens with zero attached hydrogens (tertiary/aromatic N) is 5. The first kappa shape index (κ1) is 18.6. The predicted octanol–water partition coefficient (Wildman–Crippen LogP) is 1.20. The summed E-state index contributed by atoms with van der Waals surface area (Å²) in [5, 5.41) is 13.3. The van der Waals surface area contributed by atoms with E-state index in [1.54, 1.807) is 24.0 Å². The molecule has 0 unspecified atom stereocenters. The lowest BCUT2D eigenvalue weighted by molar-refractivity contribution is 0.0690. The lowest BCUT2D eigenvalue weighted by Gasteiger charge is -2.48. The molecule has 0 aliphatic carbocycles. The zero-order valence-electron chi connectivity index (χ0n) is 15.6. The number of fused-ring (bicyclic) bond motifs is 1. The van der Waals surface area contributed by atoms with Gasteiger partial charge in [-0.05, 0) is 13.0 Å². The van der Waals surface area contributed by atoms with Crippen LogP contribution in [0, 0.1) is 5.41 Å². The van der Waals surface area contributed by atoms with Crippen LogP contribution in [0.2, 0.25) is 0 Å². The van der Waals surface area contributed by atoms with Gasteiger partial charge in [-0.3, -0.25) is 10.1 Å². The minimum absolute atomic E-state index is 0.0432. The third-order valence-electron chi connectivity index (χ3n) is 5.13. The molecule has 0 spiro atoms. The van der Waals surface area contributed by atoms with Crippen molar-refractivity contribution in [3.05, 3.63) is 31.0 Å². The molecule has 1 aliphatic heterocycles. The lowest BCUT2D eigenvalue weighted by atomic mass is 9.88. The summed E-state index contributed by atoms with van der Waals surface area (Å²) in [6, 6.07) is 1.90. The Morgan fingerprint density at radius 1 is 1.39 bits per heavy atom. The zero-order chi connectivity index (χ0) is 19.9. The van der Waals surface area contributed by atoms with E-state index in [1.165, 1.54) is 17.7 Å². The Bertz CT molecular complexity index is 1130. The van der Waals surface area contributed by atoms with Gasteiger partial charge in [0, 0.05) is 36.4 Å². The Morgan fingerprint density at radius 3 is 2.89 bits per heavy atom. The smallest absolute Gasteiger partial charge is 0.213 e. The fourth-order valence-electron chi connectivity index (χ4n) is 3.51. The van der Waals surface area contributed by atoms with Crippen molar-refractivity contribution in [2.45, 2.75) is 18.9 Å². The van der Waals surface area contributed by atoms with Crippen LogP contribution in [0.1, 0.15) is 13.3 Å². The molecule has 0 bridgehead atoms. The van der Waals surface area contributed by atoms with Gasteiger partial charge in [-0.25, -0.2) is 18.4 Å². The average molecular weight is 403 g/mol. The number of hydrogen-bond donors (Lipinski definition) is 2. The highest BCUT2D eigenvalue weighted by Crippen LogP contribution is 2.36. The van der Waals surface area contributed by atoms with Crippen molar-refractivity contribution in [1.82, 2.24) is 29.0 Å². The molecule has 0 radical (unpaired) electrons. The van der Waals surface area contributed by atoms with E-state index in [9.17, 15) is 8.42 Å². The van der Waals surface area contributed by atoms with Crippen molar-refractivity contribution in [2.75, 3.05) is 26.0 Å². The molecule has 0 saturated carbocycles. The summed E-state index contributed by atoms with van der Waals surface area (Å²) in [6.07, 6.45) is 7.08. The first-order valence-corrected chi connectivity index (χ1v) is 10.4. The predicted molar refractivity (Wildman–Crippen MR) is 103 cm³/mol. The van der Waals surface area contributed by atoms with E-state index < -0.39 is 15.6 Å². The van der Waals surface area contributed by atoms with Gasteiger partial charge in [0.05, 0.1) is 36.7 Å². The highest BCUT2D eigenvalue weighted by Gasteiger charge is 2.50.